The molecule has 1 unspecified atom stereocenters. The highest BCUT2D eigenvalue weighted by atomic mass is 16.6. The molecular weight excluding hydrogens is 460 g/mol. The topological polar surface area (TPSA) is 113 Å². The standard InChI is InChI=1S/C29H54O7/c1-3-5-7-9-11-13-15-17-26(31)35-22-24(21-23-19-20-25(30)29(34)28(23)33)36-27(32)18-16-14-12-10-8-6-4-2/h23-25,28-30,33-34H,3-22H2,1-2H3/t23-,24?,25-,28+,29+/m1/s1. The number of esters is 2. The summed E-state index contributed by atoms with van der Waals surface area (Å²) in [5, 5.41) is 30.2. The highest BCUT2D eigenvalue weighted by Crippen LogP contribution is 2.30. The third-order valence-corrected chi connectivity index (χ3v) is 7.32. The van der Waals surface area contributed by atoms with E-state index < -0.39 is 24.4 Å². The molecule has 0 radical (unpaired) electrons. The Labute approximate surface area is 219 Å². The van der Waals surface area contributed by atoms with Crippen molar-refractivity contribution in [3.8, 4) is 0 Å². The van der Waals surface area contributed by atoms with Crippen LogP contribution in [0.1, 0.15) is 136 Å². The molecule has 1 fully saturated rings. The van der Waals surface area contributed by atoms with Crippen LogP contribution in [-0.4, -0.2) is 58.3 Å². The second-order valence-electron chi connectivity index (χ2n) is 10.7. The molecule has 0 saturated heterocycles. The molecular formula is C29H54O7. The molecule has 212 valence electrons. The second kappa shape index (κ2) is 20.8. The van der Waals surface area contributed by atoms with Crippen LogP contribution < -0.4 is 0 Å². The number of aliphatic hydroxyl groups is 3. The summed E-state index contributed by atoms with van der Waals surface area (Å²) in [5.74, 6) is -0.944. The van der Waals surface area contributed by atoms with E-state index in [-0.39, 0.29) is 24.5 Å². The molecule has 1 rings (SSSR count). The molecule has 1 aliphatic rings. The van der Waals surface area contributed by atoms with Crippen molar-refractivity contribution in [1.29, 1.82) is 0 Å². The van der Waals surface area contributed by atoms with E-state index >= 15 is 0 Å². The first-order chi connectivity index (χ1) is 17.4. The first-order valence-corrected chi connectivity index (χ1v) is 14.8. The number of carbonyl (C=O) groups excluding carboxylic acids is 2. The van der Waals surface area contributed by atoms with Gasteiger partial charge in [0.25, 0.3) is 0 Å². The molecule has 0 spiro atoms. The van der Waals surface area contributed by atoms with Gasteiger partial charge in [0.05, 0.1) is 12.2 Å². The van der Waals surface area contributed by atoms with E-state index in [1.54, 1.807) is 0 Å². The molecule has 5 atom stereocenters. The Kier molecular flexibility index (Phi) is 19.0. The molecule has 1 saturated carbocycles. The Bertz CT molecular complexity index is 568. The maximum Gasteiger partial charge on any atom is 0.306 e. The third kappa shape index (κ3) is 15.2. The lowest BCUT2D eigenvalue weighted by Crippen LogP contribution is -2.47. The smallest absolute Gasteiger partial charge is 0.306 e. The molecule has 0 bridgehead atoms. The minimum Gasteiger partial charge on any atom is -0.462 e. The number of carbonyl (C=O) groups is 2. The van der Waals surface area contributed by atoms with E-state index in [1.807, 2.05) is 0 Å². The van der Waals surface area contributed by atoms with Crippen molar-refractivity contribution >= 4 is 11.9 Å². The predicted octanol–water partition coefficient (Wildman–Crippen LogP) is 5.61. The van der Waals surface area contributed by atoms with Crippen LogP contribution >= 0.6 is 0 Å². The Morgan fingerprint density at radius 3 is 1.75 bits per heavy atom. The van der Waals surface area contributed by atoms with Gasteiger partial charge in [-0.15, -0.1) is 0 Å². The van der Waals surface area contributed by atoms with Crippen molar-refractivity contribution in [3.63, 3.8) is 0 Å². The maximum atomic E-state index is 12.5. The van der Waals surface area contributed by atoms with Gasteiger partial charge in [0.1, 0.15) is 18.8 Å². The molecule has 0 aromatic heterocycles. The van der Waals surface area contributed by atoms with Gasteiger partial charge in [-0.1, -0.05) is 90.9 Å². The van der Waals surface area contributed by atoms with Crippen LogP contribution in [0.2, 0.25) is 0 Å². The second-order valence-corrected chi connectivity index (χ2v) is 10.7. The minimum absolute atomic E-state index is 0.0417. The number of ether oxygens (including phenoxy) is 2. The Morgan fingerprint density at radius 1 is 0.694 bits per heavy atom. The molecule has 1 aliphatic carbocycles. The van der Waals surface area contributed by atoms with Gasteiger partial charge in [-0.05, 0) is 38.0 Å². The molecule has 0 heterocycles. The van der Waals surface area contributed by atoms with Crippen LogP contribution in [0.15, 0.2) is 0 Å². The normalized spacial score (nSPS) is 22.8. The first-order valence-electron chi connectivity index (χ1n) is 14.8. The fraction of sp³-hybridized carbons (Fsp3) is 0.931. The summed E-state index contributed by atoms with van der Waals surface area (Å²) in [6.45, 7) is 4.34. The minimum atomic E-state index is -1.22. The van der Waals surface area contributed by atoms with Gasteiger partial charge in [-0.2, -0.15) is 0 Å². The van der Waals surface area contributed by atoms with E-state index in [9.17, 15) is 24.9 Å². The zero-order valence-corrected chi connectivity index (χ0v) is 23.0. The van der Waals surface area contributed by atoms with Crippen molar-refractivity contribution in [2.24, 2.45) is 5.92 Å². The number of rotatable bonds is 21. The number of unbranched alkanes of at least 4 members (excludes halogenated alkanes) is 12. The Hall–Kier alpha value is -1.18. The number of hydrogen-bond acceptors (Lipinski definition) is 7. The highest BCUT2D eigenvalue weighted by Gasteiger charge is 2.38. The van der Waals surface area contributed by atoms with Crippen LogP contribution in [0.4, 0.5) is 0 Å². The number of hydrogen-bond donors (Lipinski definition) is 3. The quantitative estimate of drug-likeness (QED) is 0.135. The summed E-state index contributed by atoms with van der Waals surface area (Å²) in [7, 11) is 0. The zero-order valence-electron chi connectivity index (χ0n) is 23.0. The molecule has 3 N–H and O–H groups in total. The van der Waals surface area contributed by atoms with Crippen LogP contribution in [0.3, 0.4) is 0 Å². The molecule has 0 aliphatic heterocycles. The summed E-state index contributed by atoms with van der Waals surface area (Å²) in [5.41, 5.74) is 0. The van der Waals surface area contributed by atoms with Crippen molar-refractivity contribution in [1.82, 2.24) is 0 Å². The average molecular weight is 515 g/mol. The van der Waals surface area contributed by atoms with Gasteiger partial charge in [0.2, 0.25) is 0 Å². The van der Waals surface area contributed by atoms with Gasteiger partial charge in [0, 0.05) is 12.8 Å². The van der Waals surface area contributed by atoms with E-state index in [0.29, 0.717) is 32.1 Å². The lowest BCUT2D eigenvalue weighted by Gasteiger charge is -2.36. The van der Waals surface area contributed by atoms with Gasteiger partial charge in [-0.3, -0.25) is 9.59 Å². The van der Waals surface area contributed by atoms with E-state index in [1.165, 1.54) is 51.4 Å². The molecule has 0 aromatic rings. The molecule has 0 amide bonds. The van der Waals surface area contributed by atoms with Crippen molar-refractivity contribution in [2.45, 2.75) is 160 Å². The summed E-state index contributed by atoms with van der Waals surface area (Å²) in [6.07, 6.45) is 13.5. The monoisotopic (exact) mass is 514 g/mol. The van der Waals surface area contributed by atoms with Crippen molar-refractivity contribution in [2.75, 3.05) is 6.61 Å². The zero-order chi connectivity index (χ0) is 26.6. The highest BCUT2D eigenvalue weighted by molar-refractivity contribution is 5.70. The fourth-order valence-corrected chi connectivity index (χ4v) is 4.93. The number of aliphatic hydroxyl groups excluding tert-OH is 3. The van der Waals surface area contributed by atoms with Gasteiger partial charge in [0.15, 0.2) is 0 Å². The molecule has 0 aromatic carbocycles. The van der Waals surface area contributed by atoms with Crippen molar-refractivity contribution in [3.05, 3.63) is 0 Å². The van der Waals surface area contributed by atoms with Crippen LogP contribution in [0.5, 0.6) is 0 Å². The van der Waals surface area contributed by atoms with E-state index in [0.717, 1.165) is 38.5 Å². The Balaban J connectivity index is 2.44. The Morgan fingerprint density at radius 2 is 1.19 bits per heavy atom. The van der Waals surface area contributed by atoms with Gasteiger partial charge in [-0.25, -0.2) is 0 Å². The summed E-state index contributed by atoms with van der Waals surface area (Å²) in [6, 6.07) is 0. The van der Waals surface area contributed by atoms with E-state index in [4.69, 9.17) is 9.47 Å². The van der Waals surface area contributed by atoms with Gasteiger partial charge >= 0.3 is 11.9 Å². The summed E-state index contributed by atoms with van der Waals surface area (Å²) >= 11 is 0. The van der Waals surface area contributed by atoms with Crippen LogP contribution in [0, 0.1) is 5.92 Å². The lowest BCUT2D eigenvalue weighted by atomic mass is 9.80. The summed E-state index contributed by atoms with van der Waals surface area (Å²) < 4.78 is 11.1. The largest absolute Gasteiger partial charge is 0.462 e. The fourth-order valence-electron chi connectivity index (χ4n) is 4.93. The summed E-state index contributed by atoms with van der Waals surface area (Å²) in [4.78, 5) is 24.7. The SMILES string of the molecule is CCCCCCCCCC(=O)OCC(C[C@H]1CC[C@@H](O)[C@H](O)[C@H]1O)OC(=O)CCCCCCCCC. The van der Waals surface area contributed by atoms with Gasteiger partial charge < -0.3 is 24.8 Å². The molecule has 7 heteroatoms. The molecule has 7 nitrogen and oxygen atoms in total. The molecule has 36 heavy (non-hydrogen) atoms. The van der Waals surface area contributed by atoms with Crippen LogP contribution in [0.25, 0.3) is 0 Å². The lowest BCUT2D eigenvalue weighted by molar-refractivity contribution is -0.163. The van der Waals surface area contributed by atoms with Crippen molar-refractivity contribution < 1.29 is 34.4 Å². The van der Waals surface area contributed by atoms with E-state index in [2.05, 4.69) is 13.8 Å². The van der Waals surface area contributed by atoms with Crippen LogP contribution in [-0.2, 0) is 19.1 Å². The average Bonchev–Trinajstić information content (AvgIpc) is 2.86. The predicted molar refractivity (Wildman–Crippen MR) is 141 cm³/mol. The third-order valence-electron chi connectivity index (χ3n) is 7.32. The maximum absolute atomic E-state index is 12.5. The first kappa shape index (κ1) is 32.8.